The molecule has 0 unspecified atom stereocenters. The Balaban J connectivity index is 0. The van der Waals surface area contributed by atoms with Crippen molar-refractivity contribution >= 4 is 0 Å². The van der Waals surface area contributed by atoms with Gasteiger partial charge in [-0.05, 0) is 25.0 Å². The minimum absolute atomic E-state index is 0.997. The number of hydrogen-bond acceptors (Lipinski definition) is 1. The van der Waals surface area contributed by atoms with E-state index in [1.165, 1.54) is 0 Å². The van der Waals surface area contributed by atoms with Crippen LogP contribution in [0.2, 0.25) is 0 Å². The molecule has 1 nitrogen and oxygen atoms in total. The van der Waals surface area contributed by atoms with Crippen LogP contribution >= 0.6 is 0 Å². The van der Waals surface area contributed by atoms with Crippen LogP contribution in [0.4, 0.5) is 0 Å². The molecule has 12 heavy (non-hydrogen) atoms. The fourth-order valence-corrected chi connectivity index (χ4v) is 0.741. The van der Waals surface area contributed by atoms with Gasteiger partial charge in [0.1, 0.15) is 5.76 Å². The number of rotatable bonds is 1. The summed E-state index contributed by atoms with van der Waals surface area (Å²) in [6.45, 7) is 8.00. The van der Waals surface area contributed by atoms with Crippen LogP contribution in [0, 0.1) is 0 Å². The van der Waals surface area contributed by atoms with E-state index in [0.29, 0.717) is 0 Å². The lowest BCUT2D eigenvalue weighted by Gasteiger charge is -2.02. The molecule has 0 N–H and O–H groups in total. The van der Waals surface area contributed by atoms with Gasteiger partial charge in [0.05, 0.1) is 7.11 Å². The first kappa shape index (κ1) is 13.8. The van der Waals surface area contributed by atoms with Crippen molar-refractivity contribution in [3.05, 3.63) is 24.0 Å². The van der Waals surface area contributed by atoms with Crippen molar-refractivity contribution in [2.45, 2.75) is 40.5 Å². The summed E-state index contributed by atoms with van der Waals surface area (Å²) in [4.78, 5) is 0. The summed E-state index contributed by atoms with van der Waals surface area (Å²) < 4.78 is 4.97. The van der Waals surface area contributed by atoms with E-state index in [4.69, 9.17) is 4.74 Å². The van der Waals surface area contributed by atoms with Gasteiger partial charge in [-0.25, -0.2) is 0 Å². The molecule has 0 fully saturated rings. The van der Waals surface area contributed by atoms with E-state index >= 15 is 0 Å². The highest BCUT2D eigenvalue weighted by atomic mass is 16.5. The molecule has 0 aromatic carbocycles. The lowest BCUT2D eigenvalue weighted by atomic mass is 10.2. The van der Waals surface area contributed by atoms with Gasteiger partial charge < -0.3 is 4.74 Å². The predicted octanol–water partition coefficient (Wildman–Crippen LogP) is 3.92. The fraction of sp³-hybridized carbons (Fsp3) is 0.636. The van der Waals surface area contributed by atoms with Gasteiger partial charge in [0.2, 0.25) is 0 Å². The van der Waals surface area contributed by atoms with Crippen LogP contribution < -0.4 is 0 Å². The molecule has 0 spiro atoms. The second kappa shape index (κ2) is 12.9. The molecule has 0 amide bonds. The van der Waals surface area contributed by atoms with E-state index in [1.807, 2.05) is 33.8 Å². The highest BCUT2D eigenvalue weighted by Crippen LogP contribution is 2.08. The van der Waals surface area contributed by atoms with Gasteiger partial charge in [-0.3, -0.25) is 0 Å². The molecule has 0 aromatic rings. The van der Waals surface area contributed by atoms with Crippen LogP contribution in [0.15, 0.2) is 24.0 Å². The van der Waals surface area contributed by atoms with Crippen LogP contribution in [-0.4, -0.2) is 7.11 Å². The Morgan fingerprint density at radius 1 is 1.08 bits per heavy atom. The molecule has 0 bridgehead atoms. The highest BCUT2D eigenvalue weighted by molar-refractivity contribution is 5.15. The van der Waals surface area contributed by atoms with Crippen molar-refractivity contribution in [3.8, 4) is 0 Å². The zero-order valence-electron chi connectivity index (χ0n) is 9.05. The number of methoxy groups -OCH3 is 1. The van der Waals surface area contributed by atoms with E-state index in [0.717, 1.165) is 18.6 Å². The van der Waals surface area contributed by atoms with Crippen LogP contribution in [0.5, 0.6) is 0 Å². The maximum Gasteiger partial charge on any atom is 0.114 e. The van der Waals surface area contributed by atoms with E-state index in [-0.39, 0.29) is 0 Å². The van der Waals surface area contributed by atoms with Gasteiger partial charge >= 0.3 is 0 Å². The largest absolute Gasteiger partial charge is 0.497 e. The second-order valence-electron chi connectivity index (χ2n) is 1.79. The minimum Gasteiger partial charge on any atom is -0.497 e. The van der Waals surface area contributed by atoms with Crippen LogP contribution in [0.3, 0.4) is 0 Å². The molecule has 0 aliphatic heterocycles. The van der Waals surface area contributed by atoms with Gasteiger partial charge in [-0.15, -0.1) is 0 Å². The Kier molecular flexibility index (Phi) is 14.9. The molecule has 0 aromatic heterocycles. The maximum absolute atomic E-state index is 4.97. The number of ether oxygens (including phenoxy) is 1. The summed E-state index contributed by atoms with van der Waals surface area (Å²) in [7, 11) is 1.70. The van der Waals surface area contributed by atoms with Gasteiger partial charge in [-0.2, -0.15) is 0 Å². The lowest BCUT2D eigenvalue weighted by molar-refractivity contribution is 0.303. The molecule has 1 heteroatoms. The standard InChI is InChI=1S/C7H10O.2C2H6/c1-8-7-5-3-2-4-6-7;2*1-2/h3,5-6H,2,4H2,1H3;2*1-2H3. The monoisotopic (exact) mass is 170 g/mol. The summed E-state index contributed by atoms with van der Waals surface area (Å²) >= 11 is 0. The van der Waals surface area contributed by atoms with Crippen LogP contribution in [0.25, 0.3) is 0 Å². The summed E-state index contributed by atoms with van der Waals surface area (Å²) in [5, 5.41) is 0. The first-order valence-corrected chi connectivity index (χ1v) is 4.84. The average molecular weight is 170 g/mol. The predicted molar refractivity (Wildman–Crippen MR) is 56.2 cm³/mol. The summed E-state index contributed by atoms with van der Waals surface area (Å²) in [6, 6.07) is 0. The van der Waals surface area contributed by atoms with Crippen molar-refractivity contribution in [2.75, 3.05) is 7.11 Å². The maximum atomic E-state index is 4.97. The summed E-state index contributed by atoms with van der Waals surface area (Å²) in [5.74, 6) is 0.997. The number of hydrogen-bond donors (Lipinski definition) is 0. The van der Waals surface area contributed by atoms with Crippen molar-refractivity contribution in [1.82, 2.24) is 0 Å². The molecule has 1 aliphatic carbocycles. The van der Waals surface area contributed by atoms with Gasteiger partial charge in [-0.1, -0.05) is 33.8 Å². The average Bonchev–Trinajstić information content (AvgIpc) is 2.25. The Labute approximate surface area is 77.1 Å². The lowest BCUT2D eigenvalue weighted by Crippen LogP contribution is -1.85. The zero-order chi connectivity index (χ0) is 9.82. The molecular formula is C11H22O. The van der Waals surface area contributed by atoms with Crippen molar-refractivity contribution in [2.24, 2.45) is 0 Å². The Hall–Kier alpha value is -0.720. The Bertz CT molecular complexity index is 123. The van der Waals surface area contributed by atoms with Crippen LogP contribution in [0.1, 0.15) is 40.5 Å². The smallest absolute Gasteiger partial charge is 0.114 e. The first-order valence-electron chi connectivity index (χ1n) is 4.84. The van der Waals surface area contributed by atoms with Gasteiger partial charge in [0, 0.05) is 0 Å². The van der Waals surface area contributed by atoms with Crippen molar-refractivity contribution in [3.63, 3.8) is 0 Å². The van der Waals surface area contributed by atoms with Crippen LogP contribution in [-0.2, 0) is 4.74 Å². The Morgan fingerprint density at radius 3 is 1.92 bits per heavy atom. The molecule has 72 valence electrons. The fourth-order valence-electron chi connectivity index (χ4n) is 0.741. The third kappa shape index (κ3) is 7.39. The molecule has 0 heterocycles. The third-order valence-electron chi connectivity index (χ3n) is 1.20. The van der Waals surface area contributed by atoms with E-state index in [1.54, 1.807) is 7.11 Å². The Morgan fingerprint density at radius 2 is 1.67 bits per heavy atom. The van der Waals surface area contributed by atoms with E-state index < -0.39 is 0 Å². The van der Waals surface area contributed by atoms with E-state index in [9.17, 15) is 0 Å². The molecule has 0 atom stereocenters. The molecule has 0 saturated heterocycles. The quantitative estimate of drug-likeness (QED) is 0.579. The number of allylic oxidation sites excluding steroid dienone is 3. The van der Waals surface area contributed by atoms with Crippen molar-refractivity contribution in [1.29, 1.82) is 0 Å². The summed E-state index contributed by atoms with van der Waals surface area (Å²) in [5.41, 5.74) is 0. The normalized spacial score (nSPS) is 12.9. The first-order chi connectivity index (χ1) is 5.93. The SMILES string of the molecule is CC.CC.COC1=CCCC=C1. The zero-order valence-corrected chi connectivity index (χ0v) is 9.05. The molecule has 0 radical (unpaired) electrons. The topological polar surface area (TPSA) is 9.23 Å². The molecular weight excluding hydrogens is 148 g/mol. The second-order valence-corrected chi connectivity index (χ2v) is 1.79. The van der Waals surface area contributed by atoms with Gasteiger partial charge in [0.25, 0.3) is 0 Å². The highest BCUT2D eigenvalue weighted by Gasteiger charge is 1.92. The van der Waals surface area contributed by atoms with Crippen molar-refractivity contribution < 1.29 is 4.74 Å². The van der Waals surface area contributed by atoms with E-state index in [2.05, 4.69) is 12.2 Å². The molecule has 0 saturated carbocycles. The minimum atomic E-state index is 0.997. The molecule has 1 aliphatic rings. The molecule has 1 rings (SSSR count). The summed E-state index contributed by atoms with van der Waals surface area (Å²) in [6.07, 6.45) is 8.51. The third-order valence-corrected chi connectivity index (χ3v) is 1.20. The van der Waals surface area contributed by atoms with Gasteiger partial charge in [0.15, 0.2) is 0 Å².